The van der Waals surface area contributed by atoms with Gasteiger partial charge in [0.1, 0.15) is 11.9 Å². The minimum atomic E-state index is -0.584. The Kier molecular flexibility index (Phi) is 10.1. The first-order chi connectivity index (χ1) is 15.8. The van der Waals surface area contributed by atoms with E-state index in [2.05, 4.69) is 55.1 Å². The molecule has 0 amide bonds. The molecular weight excluding hydrogens is 549 g/mol. The molecular formula is C26H42INO4S. The van der Waals surface area contributed by atoms with E-state index in [1.54, 1.807) is 12.3 Å². The number of alkyl halides is 1. The summed E-state index contributed by atoms with van der Waals surface area (Å²) in [6.07, 6.45) is 16.1. The first kappa shape index (κ1) is 28.9. The Balaban J connectivity index is 0.000000914. The summed E-state index contributed by atoms with van der Waals surface area (Å²) in [5, 5.41) is 0. The van der Waals surface area contributed by atoms with Crippen LogP contribution in [0.1, 0.15) is 79.1 Å². The van der Waals surface area contributed by atoms with Crippen molar-refractivity contribution in [2.45, 2.75) is 88.1 Å². The molecule has 0 saturated heterocycles. The number of allylic oxidation sites excluding steroid dienone is 2. The normalized spacial score (nSPS) is 41.9. The number of ether oxygens (including phenoxy) is 1. The number of hydrogen-bond acceptors (Lipinski definition) is 6. The van der Waals surface area contributed by atoms with Crippen LogP contribution >= 0.6 is 35.2 Å². The molecule has 0 radical (unpaired) electrons. The summed E-state index contributed by atoms with van der Waals surface area (Å²) in [5.74, 6) is 6.27. The van der Waals surface area contributed by atoms with Gasteiger partial charge in [0, 0.05) is 21.3 Å². The summed E-state index contributed by atoms with van der Waals surface area (Å²) in [5.41, 5.74) is 0.731. The SMILES string of the molecule is C/C=C1/CCC2(C)C(CCC3(CON)C2CC[C@@]32C=CC(=O)O2)C1(I)CCC=O.CC.CS. The van der Waals surface area contributed by atoms with Gasteiger partial charge in [0.2, 0.25) is 0 Å². The van der Waals surface area contributed by atoms with Crippen LogP contribution in [0.5, 0.6) is 0 Å². The molecule has 3 saturated carbocycles. The number of fused-ring (bicyclic) bond motifs is 4. The van der Waals surface area contributed by atoms with Crippen molar-refractivity contribution in [3.8, 4) is 0 Å². The summed E-state index contributed by atoms with van der Waals surface area (Å²) in [4.78, 5) is 28.6. The highest BCUT2D eigenvalue weighted by molar-refractivity contribution is 14.1. The summed E-state index contributed by atoms with van der Waals surface area (Å²) in [6.45, 7) is 8.98. The Bertz CT molecular complexity index is 773. The third-order valence-corrected chi connectivity index (χ3v) is 10.9. The van der Waals surface area contributed by atoms with E-state index in [4.69, 9.17) is 15.5 Å². The van der Waals surface area contributed by atoms with Crippen LogP contribution in [0, 0.1) is 22.7 Å². The van der Waals surface area contributed by atoms with Crippen molar-refractivity contribution < 1.29 is 19.2 Å². The molecule has 7 heteroatoms. The predicted octanol–water partition coefficient (Wildman–Crippen LogP) is 6.01. The molecule has 1 heterocycles. The van der Waals surface area contributed by atoms with Crippen LogP contribution in [0.3, 0.4) is 0 Å². The molecule has 0 aromatic carbocycles. The quantitative estimate of drug-likeness (QED) is 0.0780. The maximum atomic E-state index is 12.1. The van der Waals surface area contributed by atoms with E-state index >= 15 is 0 Å². The lowest BCUT2D eigenvalue weighted by Gasteiger charge is -2.63. The molecule has 4 rings (SSSR count). The second-order valence-electron chi connectivity index (χ2n) is 9.68. The number of rotatable bonds is 5. The van der Waals surface area contributed by atoms with Gasteiger partial charge in [0.15, 0.2) is 0 Å². The fraction of sp³-hybridized carbons (Fsp3) is 0.769. The maximum absolute atomic E-state index is 12.1. The van der Waals surface area contributed by atoms with Gasteiger partial charge in [-0.15, -0.1) is 0 Å². The number of carbonyl (C=O) groups excluding carboxylic acids is 2. The number of esters is 1. The molecule has 3 fully saturated rings. The number of thiol groups is 1. The van der Waals surface area contributed by atoms with E-state index in [0.29, 0.717) is 24.9 Å². The van der Waals surface area contributed by atoms with Crippen LogP contribution in [0.2, 0.25) is 0 Å². The summed E-state index contributed by atoms with van der Waals surface area (Å²) in [7, 11) is 0. The molecule has 0 bridgehead atoms. The summed E-state index contributed by atoms with van der Waals surface area (Å²) >= 11 is 6.19. The average Bonchev–Trinajstić information content (AvgIpc) is 3.36. The Morgan fingerprint density at radius 3 is 2.45 bits per heavy atom. The zero-order chi connectivity index (χ0) is 24.9. The third kappa shape index (κ3) is 4.49. The zero-order valence-electron chi connectivity index (χ0n) is 20.9. The Morgan fingerprint density at radius 1 is 1.24 bits per heavy atom. The van der Waals surface area contributed by atoms with Gasteiger partial charge in [-0.2, -0.15) is 12.6 Å². The molecule has 33 heavy (non-hydrogen) atoms. The molecule has 4 aliphatic rings. The standard InChI is InChI=1S/C23H32INO4.C2H6.CH4S/c1-3-16-5-10-20(2)17-7-12-22(13-8-19(27)29-22)21(17,15-28-25)11-6-18(20)23(16,24)9-4-14-26;2*1-2/h3,8,13-14,17-18H,4-7,9-12,15,25H2,1-2H3;1-2H3;2H,1H3/b16-3-;;/t17?,18?,20?,21?,22-,23?;;/m1../s1. The summed E-state index contributed by atoms with van der Waals surface area (Å²) < 4.78 is 5.98. The molecule has 3 aliphatic carbocycles. The van der Waals surface area contributed by atoms with E-state index in [1.165, 1.54) is 5.57 Å². The molecule has 2 N–H and O–H groups in total. The Hall–Kier alpha value is -0.380. The molecule has 5 nitrogen and oxygen atoms in total. The van der Waals surface area contributed by atoms with Crippen molar-refractivity contribution >= 4 is 47.5 Å². The molecule has 6 atom stereocenters. The second kappa shape index (κ2) is 11.6. The maximum Gasteiger partial charge on any atom is 0.331 e. The highest BCUT2D eigenvalue weighted by atomic mass is 127. The van der Waals surface area contributed by atoms with Crippen molar-refractivity contribution in [1.29, 1.82) is 0 Å². The Morgan fingerprint density at radius 2 is 1.91 bits per heavy atom. The van der Waals surface area contributed by atoms with Gasteiger partial charge in [-0.1, -0.05) is 55.0 Å². The first-order valence-electron chi connectivity index (χ1n) is 12.3. The first-order valence-corrected chi connectivity index (χ1v) is 14.3. The number of carbonyl (C=O) groups is 2. The monoisotopic (exact) mass is 591 g/mol. The van der Waals surface area contributed by atoms with Crippen LogP contribution in [0.25, 0.3) is 0 Å². The smallest absolute Gasteiger partial charge is 0.331 e. The summed E-state index contributed by atoms with van der Waals surface area (Å²) in [6, 6.07) is 0. The van der Waals surface area contributed by atoms with Crippen LogP contribution in [0.4, 0.5) is 0 Å². The van der Waals surface area contributed by atoms with Crippen LogP contribution in [-0.2, 0) is 19.2 Å². The van der Waals surface area contributed by atoms with Crippen molar-refractivity contribution in [2.24, 2.45) is 28.6 Å². The number of halogens is 1. The topological polar surface area (TPSA) is 78.6 Å². The average molecular weight is 592 g/mol. The Labute approximate surface area is 219 Å². The van der Waals surface area contributed by atoms with Crippen molar-refractivity contribution in [3.63, 3.8) is 0 Å². The predicted molar refractivity (Wildman–Crippen MR) is 145 cm³/mol. The van der Waals surface area contributed by atoms with Crippen LogP contribution in [-0.4, -0.2) is 34.1 Å². The lowest BCUT2D eigenvalue weighted by molar-refractivity contribution is -0.185. The highest BCUT2D eigenvalue weighted by Gasteiger charge is 2.71. The van der Waals surface area contributed by atoms with Crippen LogP contribution < -0.4 is 5.90 Å². The van der Waals surface area contributed by atoms with E-state index in [-0.39, 0.29) is 20.2 Å². The van der Waals surface area contributed by atoms with Gasteiger partial charge in [-0.3, -0.25) is 0 Å². The van der Waals surface area contributed by atoms with Crippen molar-refractivity contribution in [1.82, 2.24) is 0 Å². The molecule has 1 aliphatic heterocycles. The molecule has 0 aromatic heterocycles. The number of hydrogen-bond donors (Lipinski definition) is 2. The van der Waals surface area contributed by atoms with Crippen LogP contribution in [0.15, 0.2) is 23.8 Å². The van der Waals surface area contributed by atoms with Crippen molar-refractivity contribution in [3.05, 3.63) is 23.8 Å². The van der Waals surface area contributed by atoms with Crippen molar-refractivity contribution in [2.75, 3.05) is 12.9 Å². The van der Waals surface area contributed by atoms with Gasteiger partial charge >= 0.3 is 5.97 Å². The minimum Gasteiger partial charge on any atom is -0.451 e. The van der Waals surface area contributed by atoms with Gasteiger partial charge in [0.05, 0.1) is 6.61 Å². The van der Waals surface area contributed by atoms with Gasteiger partial charge in [-0.25, -0.2) is 10.7 Å². The minimum absolute atomic E-state index is 0.00803. The second-order valence-corrected chi connectivity index (χ2v) is 11.6. The van der Waals surface area contributed by atoms with E-state index in [0.717, 1.165) is 51.2 Å². The molecule has 188 valence electrons. The zero-order valence-corrected chi connectivity index (χ0v) is 23.9. The lowest BCUT2D eigenvalue weighted by Crippen LogP contribution is -2.62. The third-order valence-electron chi connectivity index (χ3n) is 8.89. The van der Waals surface area contributed by atoms with Gasteiger partial charge in [-0.05, 0) is 81.5 Å². The fourth-order valence-electron chi connectivity index (χ4n) is 7.72. The molecule has 0 aromatic rings. The fourth-order valence-corrected chi connectivity index (χ4v) is 9.63. The van der Waals surface area contributed by atoms with E-state index in [9.17, 15) is 9.59 Å². The molecule has 5 unspecified atom stereocenters. The number of aldehydes is 1. The van der Waals surface area contributed by atoms with E-state index < -0.39 is 5.60 Å². The lowest BCUT2D eigenvalue weighted by atomic mass is 9.44. The molecule has 1 spiro atoms. The van der Waals surface area contributed by atoms with Gasteiger partial charge < -0.3 is 14.4 Å². The van der Waals surface area contributed by atoms with E-state index in [1.807, 2.05) is 19.9 Å². The highest BCUT2D eigenvalue weighted by Crippen LogP contribution is 2.72. The number of nitrogens with two attached hydrogens (primary N) is 1. The largest absolute Gasteiger partial charge is 0.451 e. The van der Waals surface area contributed by atoms with Gasteiger partial charge in [0.25, 0.3) is 0 Å².